The fraction of sp³-hybridized carbons (Fsp3) is 0.750. The third-order valence-corrected chi connectivity index (χ3v) is 4.72. The van der Waals surface area contributed by atoms with Crippen molar-refractivity contribution in [3.8, 4) is 0 Å². The molecule has 1 aromatic heterocycles. The first-order valence-electron chi connectivity index (χ1n) is 6.10. The van der Waals surface area contributed by atoms with Gasteiger partial charge in [-0.2, -0.15) is 0 Å². The topological polar surface area (TPSA) is 36.4 Å². The van der Waals surface area contributed by atoms with E-state index in [1.54, 1.807) is 11.3 Å². The molecule has 0 amide bonds. The van der Waals surface area contributed by atoms with E-state index in [9.17, 15) is 5.11 Å². The summed E-state index contributed by atoms with van der Waals surface area (Å²) in [5.41, 5.74) is -0.497. The van der Waals surface area contributed by atoms with Crippen LogP contribution in [0.5, 0.6) is 0 Å². The summed E-state index contributed by atoms with van der Waals surface area (Å²) in [6.07, 6.45) is 6.98. The molecule has 0 saturated carbocycles. The van der Waals surface area contributed by atoms with E-state index < -0.39 is 5.60 Å². The number of rotatable bonds is 2. The summed E-state index contributed by atoms with van der Waals surface area (Å²) >= 11 is 1.66. The SMILES string of the molecule is OC1(Cc2nccs2)CCN2CCCC2C1. The van der Waals surface area contributed by atoms with Crippen LogP contribution in [0, 0.1) is 0 Å². The molecule has 0 aromatic carbocycles. The van der Waals surface area contributed by atoms with E-state index in [1.165, 1.54) is 19.4 Å². The van der Waals surface area contributed by atoms with Crippen LogP contribution in [0.1, 0.15) is 30.7 Å². The minimum Gasteiger partial charge on any atom is -0.389 e. The van der Waals surface area contributed by atoms with Crippen LogP contribution in [0.15, 0.2) is 11.6 Å². The maximum absolute atomic E-state index is 10.6. The summed E-state index contributed by atoms with van der Waals surface area (Å²) in [6, 6.07) is 0.624. The van der Waals surface area contributed by atoms with Gasteiger partial charge in [-0.15, -0.1) is 11.3 Å². The van der Waals surface area contributed by atoms with Crippen molar-refractivity contribution in [3.63, 3.8) is 0 Å². The molecule has 0 spiro atoms. The van der Waals surface area contributed by atoms with E-state index in [1.807, 2.05) is 11.6 Å². The number of thiazole rings is 1. The molecular weight excluding hydrogens is 220 g/mol. The number of piperidine rings is 1. The lowest BCUT2D eigenvalue weighted by atomic mass is 9.84. The third kappa shape index (κ3) is 2.01. The van der Waals surface area contributed by atoms with Crippen molar-refractivity contribution in [2.24, 2.45) is 0 Å². The highest BCUT2D eigenvalue weighted by molar-refractivity contribution is 7.09. The van der Waals surface area contributed by atoms with E-state index >= 15 is 0 Å². The third-order valence-electron chi connectivity index (χ3n) is 3.94. The highest BCUT2D eigenvalue weighted by Crippen LogP contribution is 2.35. The summed E-state index contributed by atoms with van der Waals surface area (Å²) in [5.74, 6) is 0. The Morgan fingerprint density at radius 1 is 1.56 bits per heavy atom. The molecule has 16 heavy (non-hydrogen) atoms. The van der Waals surface area contributed by atoms with Gasteiger partial charge in [0.25, 0.3) is 0 Å². The Bertz CT molecular complexity index is 354. The molecular formula is C12H18N2OS. The van der Waals surface area contributed by atoms with Gasteiger partial charge in [-0.1, -0.05) is 0 Å². The monoisotopic (exact) mass is 238 g/mol. The van der Waals surface area contributed by atoms with Crippen molar-refractivity contribution in [1.82, 2.24) is 9.88 Å². The van der Waals surface area contributed by atoms with Crippen molar-refractivity contribution in [2.45, 2.75) is 43.7 Å². The molecule has 2 atom stereocenters. The molecule has 3 nitrogen and oxygen atoms in total. The summed E-state index contributed by atoms with van der Waals surface area (Å²) in [5, 5.41) is 13.7. The number of aromatic nitrogens is 1. The molecule has 3 heterocycles. The first-order chi connectivity index (χ1) is 7.75. The number of nitrogens with zero attached hydrogens (tertiary/aromatic N) is 2. The molecule has 1 N–H and O–H groups in total. The van der Waals surface area contributed by atoms with Crippen LogP contribution < -0.4 is 0 Å². The molecule has 0 bridgehead atoms. The molecule has 2 saturated heterocycles. The van der Waals surface area contributed by atoms with Crippen LogP contribution in [-0.4, -0.2) is 39.7 Å². The molecule has 2 unspecified atom stereocenters. The molecule has 2 aliphatic heterocycles. The molecule has 3 rings (SSSR count). The predicted molar refractivity (Wildman–Crippen MR) is 64.6 cm³/mol. The van der Waals surface area contributed by atoms with Crippen molar-refractivity contribution in [3.05, 3.63) is 16.6 Å². The van der Waals surface area contributed by atoms with Crippen LogP contribution >= 0.6 is 11.3 Å². The Balaban J connectivity index is 1.69. The molecule has 88 valence electrons. The summed E-state index contributed by atoms with van der Waals surface area (Å²) in [4.78, 5) is 6.82. The van der Waals surface area contributed by atoms with E-state index in [4.69, 9.17) is 0 Å². The predicted octanol–water partition coefficient (Wildman–Crippen LogP) is 1.67. The Morgan fingerprint density at radius 3 is 3.31 bits per heavy atom. The zero-order valence-corrected chi connectivity index (χ0v) is 10.2. The molecule has 4 heteroatoms. The van der Waals surface area contributed by atoms with E-state index in [0.717, 1.165) is 30.8 Å². The lowest BCUT2D eigenvalue weighted by Crippen LogP contribution is -2.48. The lowest BCUT2D eigenvalue weighted by molar-refractivity contribution is -0.0354. The van der Waals surface area contributed by atoms with Gasteiger partial charge < -0.3 is 10.0 Å². The van der Waals surface area contributed by atoms with Crippen LogP contribution in [0.2, 0.25) is 0 Å². The molecule has 2 aliphatic rings. The van der Waals surface area contributed by atoms with Crippen molar-refractivity contribution >= 4 is 11.3 Å². The first-order valence-corrected chi connectivity index (χ1v) is 6.98. The van der Waals surface area contributed by atoms with Crippen molar-refractivity contribution < 1.29 is 5.11 Å². The fourth-order valence-electron chi connectivity index (χ4n) is 3.10. The van der Waals surface area contributed by atoms with Gasteiger partial charge in [-0.3, -0.25) is 0 Å². The average molecular weight is 238 g/mol. The second-order valence-corrected chi connectivity index (χ2v) is 6.09. The van der Waals surface area contributed by atoms with E-state index in [0.29, 0.717) is 6.04 Å². The Labute approximate surface area is 100 Å². The zero-order chi connectivity index (χ0) is 11.0. The number of hydrogen-bond donors (Lipinski definition) is 1. The van der Waals surface area contributed by atoms with Gasteiger partial charge in [-0.05, 0) is 32.2 Å². The quantitative estimate of drug-likeness (QED) is 0.851. The van der Waals surface area contributed by atoms with Gasteiger partial charge in [0.15, 0.2) is 0 Å². The van der Waals surface area contributed by atoms with Crippen molar-refractivity contribution in [1.29, 1.82) is 0 Å². The fourth-order valence-corrected chi connectivity index (χ4v) is 3.85. The summed E-state index contributed by atoms with van der Waals surface area (Å²) < 4.78 is 0. The minimum absolute atomic E-state index is 0.497. The van der Waals surface area contributed by atoms with Gasteiger partial charge in [0, 0.05) is 30.6 Å². The lowest BCUT2D eigenvalue weighted by Gasteiger charge is -2.40. The van der Waals surface area contributed by atoms with Gasteiger partial charge in [0.05, 0.1) is 10.6 Å². The first kappa shape index (κ1) is 10.7. The van der Waals surface area contributed by atoms with Gasteiger partial charge >= 0.3 is 0 Å². The number of aliphatic hydroxyl groups is 1. The van der Waals surface area contributed by atoms with Crippen LogP contribution in [-0.2, 0) is 6.42 Å². The van der Waals surface area contributed by atoms with E-state index in [-0.39, 0.29) is 0 Å². The van der Waals surface area contributed by atoms with Gasteiger partial charge in [0.2, 0.25) is 0 Å². The Morgan fingerprint density at radius 2 is 2.50 bits per heavy atom. The number of hydrogen-bond acceptors (Lipinski definition) is 4. The van der Waals surface area contributed by atoms with Crippen LogP contribution in [0.25, 0.3) is 0 Å². The minimum atomic E-state index is -0.497. The second kappa shape index (κ2) is 4.09. The highest BCUT2D eigenvalue weighted by atomic mass is 32.1. The van der Waals surface area contributed by atoms with Crippen LogP contribution in [0.3, 0.4) is 0 Å². The molecule has 1 aromatic rings. The largest absolute Gasteiger partial charge is 0.389 e. The maximum Gasteiger partial charge on any atom is 0.0953 e. The smallest absolute Gasteiger partial charge is 0.0953 e. The Kier molecular flexibility index (Phi) is 2.73. The number of fused-ring (bicyclic) bond motifs is 1. The van der Waals surface area contributed by atoms with E-state index in [2.05, 4.69) is 9.88 Å². The molecule has 0 aliphatic carbocycles. The molecule has 0 radical (unpaired) electrons. The normalized spacial score (nSPS) is 35.2. The zero-order valence-electron chi connectivity index (χ0n) is 9.43. The standard InChI is InChI=1S/C12H18N2OS/c15-12(9-11-13-4-7-16-11)3-6-14-5-1-2-10(14)8-12/h4,7,10,15H,1-3,5-6,8-9H2. The Hall–Kier alpha value is -0.450. The summed E-state index contributed by atoms with van der Waals surface area (Å²) in [7, 11) is 0. The molecule has 2 fully saturated rings. The van der Waals surface area contributed by atoms with Gasteiger partial charge in [0.1, 0.15) is 0 Å². The van der Waals surface area contributed by atoms with Crippen molar-refractivity contribution in [2.75, 3.05) is 13.1 Å². The maximum atomic E-state index is 10.6. The highest BCUT2D eigenvalue weighted by Gasteiger charge is 2.40. The van der Waals surface area contributed by atoms with Gasteiger partial charge in [-0.25, -0.2) is 4.98 Å². The average Bonchev–Trinajstić information content (AvgIpc) is 2.87. The van der Waals surface area contributed by atoms with Crippen LogP contribution in [0.4, 0.5) is 0 Å². The summed E-state index contributed by atoms with van der Waals surface area (Å²) in [6.45, 7) is 2.30. The second-order valence-electron chi connectivity index (χ2n) is 5.11.